The van der Waals surface area contributed by atoms with Crippen molar-refractivity contribution < 1.29 is 4.92 Å². The number of nitrogens with one attached hydrogen (secondary N) is 1. The fourth-order valence-corrected chi connectivity index (χ4v) is 3.12. The molecule has 0 aliphatic heterocycles. The highest BCUT2D eigenvalue weighted by Gasteiger charge is 2.15. The van der Waals surface area contributed by atoms with Gasteiger partial charge in [0.15, 0.2) is 0 Å². The van der Waals surface area contributed by atoms with E-state index in [2.05, 4.69) is 38.4 Å². The van der Waals surface area contributed by atoms with E-state index in [1.807, 2.05) is 6.92 Å². The van der Waals surface area contributed by atoms with Crippen LogP contribution in [0.15, 0.2) is 22.7 Å². The first-order chi connectivity index (χ1) is 10.0. The first-order valence-electron chi connectivity index (χ1n) is 6.53. The van der Waals surface area contributed by atoms with Gasteiger partial charge in [-0.25, -0.2) is 0 Å². The summed E-state index contributed by atoms with van der Waals surface area (Å²) in [7, 11) is 0. The lowest BCUT2D eigenvalue weighted by Gasteiger charge is -2.08. The monoisotopic (exact) mass is 370 g/mol. The van der Waals surface area contributed by atoms with Gasteiger partial charge in [0.2, 0.25) is 0 Å². The first kappa shape index (κ1) is 16.0. The molecule has 0 saturated heterocycles. The smallest absolute Gasteiger partial charge is 0.271 e. The van der Waals surface area contributed by atoms with E-state index in [0.717, 1.165) is 18.0 Å². The molecule has 21 heavy (non-hydrogen) atoms. The largest absolute Gasteiger partial charge is 0.308 e. The van der Waals surface area contributed by atoms with E-state index < -0.39 is 4.92 Å². The van der Waals surface area contributed by atoms with Crippen molar-refractivity contribution in [2.24, 2.45) is 0 Å². The van der Waals surface area contributed by atoms with E-state index in [1.165, 1.54) is 23.5 Å². The summed E-state index contributed by atoms with van der Waals surface area (Å²) in [5, 5.41) is 24.1. The van der Waals surface area contributed by atoms with Crippen molar-refractivity contribution >= 4 is 33.0 Å². The third-order valence-corrected chi connectivity index (χ3v) is 4.46. The molecule has 1 aromatic heterocycles. The number of aromatic nitrogens is 2. The van der Waals surface area contributed by atoms with E-state index in [4.69, 9.17) is 0 Å². The van der Waals surface area contributed by atoms with Crippen LogP contribution in [0.25, 0.3) is 10.6 Å². The molecule has 0 saturated carbocycles. The van der Waals surface area contributed by atoms with Crippen molar-refractivity contribution in [3.8, 4) is 10.6 Å². The number of rotatable bonds is 6. The molecule has 1 aromatic carbocycles. The fourth-order valence-electron chi connectivity index (χ4n) is 1.78. The van der Waals surface area contributed by atoms with Gasteiger partial charge in [0.25, 0.3) is 5.69 Å². The van der Waals surface area contributed by atoms with Crippen LogP contribution in [0.2, 0.25) is 0 Å². The summed E-state index contributed by atoms with van der Waals surface area (Å²) < 4.78 is 0.653. The van der Waals surface area contributed by atoms with E-state index in [-0.39, 0.29) is 11.7 Å². The predicted molar refractivity (Wildman–Crippen MR) is 86.4 cm³/mol. The van der Waals surface area contributed by atoms with Gasteiger partial charge in [0.1, 0.15) is 10.0 Å². The van der Waals surface area contributed by atoms with E-state index in [0.29, 0.717) is 15.0 Å². The average molecular weight is 371 g/mol. The second-order valence-corrected chi connectivity index (χ2v) is 6.50. The van der Waals surface area contributed by atoms with E-state index in [9.17, 15) is 10.1 Å². The highest BCUT2D eigenvalue weighted by atomic mass is 79.9. The quantitative estimate of drug-likeness (QED) is 0.615. The lowest BCUT2D eigenvalue weighted by Crippen LogP contribution is -2.18. The van der Waals surface area contributed by atoms with E-state index in [1.54, 1.807) is 6.07 Å². The van der Waals surface area contributed by atoms with Crippen molar-refractivity contribution in [3.05, 3.63) is 37.8 Å². The molecule has 0 spiro atoms. The Kier molecular flexibility index (Phi) is 5.38. The lowest BCUT2D eigenvalue weighted by molar-refractivity contribution is -0.384. The van der Waals surface area contributed by atoms with Crippen molar-refractivity contribution in [1.29, 1.82) is 0 Å². The molecule has 1 unspecified atom stereocenters. The van der Waals surface area contributed by atoms with Crippen LogP contribution >= 0.6 is 27.3 Å². The van der Waals surface area contributed by atoms with Gasteiger partial charge in [-0.1, -0.05) is 34.2 Å². The molecule has 0 fully saturated rings. The summed E-state index contributed by atoms with van der Waals surface area (Å²) in [4.78, 5) is 10.5. The summed E-state index contributed by atoms with van der Waals surface area (Å²) in [6, 6.07) is 4.91. The van der Waals surface area contributed by atoms with Crippen molar-refractivity contribution in [3.63, 3.8) is 0 Å². The number of non-ortho nitro benzene ring substituents is 1. The number of hydrogen-bond donors (Lipinski definition) is 1. The zero-order valence-corrected chi connectivity index (χ0v) is 14.1. The standard InChI is InChI=1S/C13H15BrN4O2S/c1-3-4-15-8(2)12-16-17-13(21-12)9-5-10(14)7-11(6-9)18(19)20/h5-8,15H,3-4H2,1-2H3. The molecule has 8 heteroatoms. The molecular formula is C13H15BrN4O2S. The molecule has 0 radical (unpaired) electrons. The van der Waals surface area contributed by atoms with Crippen LogP contribution in [0.1, 0.15) is 31.3 Å². The van der Waals surface area contributed by atoms with Crippen LogP contribution in [0.4, 0.5) is 5.69 Å². The van der Waals surface area contributed by atoms with Gasteiger partial charge in [0, 0.05) is 22.2 Å². The predicted octanol–water partition coefficient (Wildman–Crippen LogP) is 3.94. The van der Waals surface area contributed by atoms with Gasteiger partial charge in [-0.3, -0.25) is 10.1 Å². The first-order valence-corrected chi connectivity index (χ1v) is 8.14. The molecule has 1 heterocycles. The number of nitro benzene ring substituents is 1. The number of nitro groups is 1. The lowest BCUT2D eigenvalue weighted by atomic mass is 10.2. The molecule has 0 aliphatic rings. The number of nitrogens with zero attached hydrogens (tertiary/aromatic N) is 3. The molecular weight excluding hydrogens is 356 g/mol. The van der Waals surface area contributed by atoms with Gasteiger partial charge >= 0.3 is 0 Å². The minimum Gasteiger partial charge on any atom is -0.308 e. The Hall–Kier alpha value is -1.38. The molecule has 1 atom stereocenters. The zero-order valence-electron chi connectivity index (χ0n) is 11.7. The maximum atomic E-state index is 10.9. The third-order valence-electron chi connectivity index (χ3n) is 2.85. The molecule has 0 amide bonds. The van der Waals surface area contributed by atoms with E-state index >= 15 is 0 Å². The van der Waals surface area contributed by atoms with Crippen LogP contribution in [0.3, 0.4) is 0 Å². The van der Waals surface area contributed by atoms with Gasteiger partial charge in [-0.15, -0.1) is 10.2 Å². The maximum absolute atomic E-state index is 10.9. The molecule has 6 nitrogen and oxygen atoms in total. The zero-order chi connectivity index (χ0) is 15.4. The Balaban J connectivity index is 2.27. The highest BCUT2D eigenvalue weighted by molar-refractivity contribution is 9.10. The van der Waals surface area contributed by atoms with Crippen molar-refractivity contribution in [2.45, 2.75) is 26.3 Å². The SMILES string of the molecule is CCCNC(C)c1nnc(-c2cc(Br)cc([N+](=O)[O-])c2)s1. The van der Waals surface area contributed by atoms with Crippen LogP contribution in [0, 0.1) is 10.1 Å². The Labute approximate surface area is 134 Å². The summed E-state index contributed by atoms with van der Waals surface area (Å²) in [5.74, 6) is 0. The molecule has 0 bridgehead atoms. The minimum atomic E-state index is -0.415. The highest BCUT2D eigenvalue weighted by Crippen LogP contribution is 2.31. The maximum Gasteiger partial charge on any atom is 0.271 e. The van der Waals surface area contributed by atoms with Crippen LogP contribution in [0.5, 0.6) is 0 Å². The summed E-state index contributed by atoms with van der Waals surface area (Å²) >= 11 is 4.73. The van der Waals surface area contributed by atoms with Gasteiger partial charge in [-0.05, 0) is 26.0 Å². The second-order valence-electron chi connectivity index (χ2n) is 4.58. The van der Waals surface area contributed by atoms with Crippen LogP contribution in [-0.4, -0.2) is 21.7 Å². The van der Waals surface area contributed by atoms with Crippen LogP contribution in [-0.2, 0) is 0 Å². The minimum absolute atomic E-state index is 0.0354. The summed E-state index contributed by atoms with van der Waals surface area (Å²) in [6.07, 6.45) is 1.05. The second kappa shape index (κ2) is 7.06. The number of benzene rings is 1. The van der Waals surface area contributed by atoms with Gasteiger partial charge < -0.3 is 5.32 Å². The normalized spacial score (nSPS) is 12.3. The van der Waals surface area contributed by atoms with Crippen LogP contribution < -0.4 is 5.32 Å². The fraction of sp³-hybridized carbons (Fsp3) is 0.385. The Morgan fingerprint density at radius 1 is 1.43 bits per heavy atom. The average Bonchev–Trinajstić information content (AvgIpc) is 2.94. The van der Waals surface area contributed by atoms with Gasteiger partial charge in [0.05, 0.1) is 11.0 Å². The molecule has 2 rings (SSSR count). The number of halogens is 1. The number of hydrogen-bond acceptors (Lipinski definition) is 6. The summed E-state index contributed by atoms with van der Waals surface area (Å²) in [5.41, 5.74) is 0.732. The Bertz CT molecular complexity index is 647. The van der Waals surface area contributed by atoms with Crippen molar-refractivity contribution in [2.75, 3.05) is 6.54 Å². The summed E-state index contributed by atoms with van der Waals surface area (Å²) in [6.45, 7) is 5.05. The molecule has 1 N–H and O–H groups in total. The van der Waals surface area contributed by atoms with Gasteiger partial charge in [-0.2, -0.15) is 0 Å². The topological polar surface area (TPSA) is 81.0 Å². The Morgan fingerprint density at radius 2 is 2.19 bits per heavy atom. The molecule has 2 aromatic rings. The third kappa shape index (κ3) is 4.05. The Morgan fingerprint density at radius 3 is 2.86 bits per heavy atom. The van der Waals surface area contributed by atoms with Crippen molar-refractivity contribution in [1.82, 2.24) is 15.5 Å². The molecule has 0 aliphatic carbocycles. The molecule has 112 valence electrons.